The summed E-state index contributed by atoms with van der Waals surface area (Å²) in [5.74, 6) is 1.70. The number of guanidine groups is 1. The highest BCUT2D eigenvalue weighted by molar-refractivity contribution is 5.80. The highest BCUT2D eigenvalue weighted by atomic mass is 16.5. The molecule has 1 aromatic carbocycles. The number of hydrogen-bond acceptors (Lipinski definition) is 4. The fraction of sp³-hybridized carbons (Fsp3) is 0.708. The van der Waals surface area contributed by atoms with Crippen LogP contribution < -0.4 is 5.32 Å². The topological polar surface area (TPSA) is 49.3 Å². The van der Waals surface area contributed by atoms with E-state index in [1.165, 1.54) is 18.5 Å². The summed E-state index contributed by atoms with van der Waals surface area (Å²) in [5.41, 5.74) is 1.43. The van der Waals surface area contributed by atoms with Crippen LogP contribution in [0.3, 0.4) is 0 Å². The van der Waals surface area contributed by atoms with Crippen LogP contribution in [0.25, 0.3) is 0 Å². The second kappa shape index (κ2) is 11.1. The van der Waals surface area contributed by atoms with Crippen molar-refractivity contribution in [3.63, 3.8) is 0 Å². The van der Waals surface area contributed by atoms with Crippen molar-refractivity contribution in [1.29, 1.82) is 0 Å². The summed E-state index contributed by atoms with van der Waals surface area (Å²) < 4.78 is 11.9. The van der Waals surface area contributed by atoms with Crippen LogP contribution in [0.5, 0.6) is 0 Å². The summed E-state index contributed by atoms with van der Waals surface area (Å²) in [6.45, 7) is 10.9. The molecule has 0 aromatic heterocycles. The number of likely N-dealkylation sites (tertiary alicyclic amines) is 1. The van der Waals surface area contributed by atoms with Gasteiger partial charge in [-0.05, 0) is 50.6 Å². The van der Waals surface area contributed by atoms with Crippen LogP contribution in [-0.4, -0.2) is 87.0 Å². The third-order valence-electron chi connectivity index (χ3n) is 6.54. The van der Waals surface area contributed by atoms with E-state index in [2.05, 4.69) is 52.4 Å². The van der Waals surface area contributed by atoms with E-state index < -0.39 is 0 Å². The van der Waals surface area contributed by atoms with E-state index >= 15 is 0 Å². The molecule has 3 saturated heterocycles. The Kier molecular flexibility index (Phi) is 8.01. The highest BCUT2D eigenvalue weighted by Crippen LogP contribution is 2.21. The van der Waals surface area contributed by atoms with Crippen molar-refractivity contribution in [3.05, 3.63) is 35.9 Å². The molecule has 3 atom stereocenters. The van der Waals surface area contributed by atoms with Crippen LogP contribution in [-0.2, 0) is 15.9 Å². The minimum Gasteiger partial charge on any atom is -0.375 e. The van der Waals surface area contributed by atoms with Gasteiger partial charge < -0.3 is 24.6 Å². The molecular formula is C24H38N4O2. The van der Waals surface area contributed by atoms with E-state index in [-0.39, 0.29) is 12.2 Å². The van der Waals surface area contributed by atoms with Gasteiger partial charge in [0.25, 0.3) is 0 Å². The third-order valence-corrected chi connectivity index (χ3v) is 6.54. The first-order valence-corrected chi connectivity index (χ1v) is 11.8. The van der Waals surface area contributed by atoms with Gasteiger partial charge in [-0.25, -0.2) is 0 Å². The van der Waals surface area contributed by atoms with Gasteiger partial charge in [0, 0.05) is 45.9 Å². The smallest absolute Gasteiger partial charge is 0.194 e. The summed E-state index contributed by atoms with van der Waals surface area (Å²) in [6.07, 6.45) is 5.08. The second-order valence-corrected chi connectivity index (χ2v) is 8.79. The van der Waals surface area contributed by atoms with Gasteiger partial charge in [-0.1, -0.05) is 30.3 Å². The number of nitrogens with one attached hydrogen (secondary N) is 1. The summed E-state index contributed by atoms with van der Waals surface area (Å²) >= 11 is 0. The van der Waals surface area contributed by atoms with E-state index in [0.29, 0.717) is 5.92 Å². The molecule has 0 bridgehead atoms. The zero-order valence-corrected chi connectivity index (χ0v) is 18.5. The average Bonchev–Trinajstić information content (AvgIpc) is 3.48. The minimum absolute atomic E-state index is 0.171. The number of aliphatic imine (C=N–C) groups is 1. The zero-order chi connectivity index (χ0) is 20.6. The lowest BCUT2D eigenvalue weighted by Gasteiger charge is -2.37. The maximum Gasteiger partial charge on any atom is 0.194 e. The van der Waals surface area contributed by atoms with Crippen molar-refractivity contribution < 1.29 is 9.47 Å². The first-order chi connectivity index (χ1) is 14.8. The predicted molar refractivity (Wildman–Crippen MR) is 121 cm³/mol. The van der Waals surface area contributed by atoms with Crippen LogP contribution in [0.2, 0.25) is 0 Å². The molecule has 3 heterocycles. The molecule has 1 aromatic rings. The number of hydrogen-bond donors (Lipinski definition) is 1. The molecule has 3 aliphatic rings. The molecule has 0 aliphatic carbocycles. The molecule has 6 nitrogen and oxygen atoms in total. The molecule has 166 valence electrons. The lowest BCUT2D eigenvalue weighted by Crippen LogP contribution is -2.53. The Morgan fingerprint density at radius 2 is 1.93 bits per heavy atom. The van der Waals surface area contributed by atoms with Crippen molar-refractivity contribution >= 4 is 5.96 Å². The van der Waals surface area contributed by atoms with Crippen LogP contribution >= 0.6 is 0 Å². The van der Waals surface area contributed by atoms with E-state index in [1.54, 1.807) is 0 Å². The second-order valence-electron chi connectivity index (χ2n) is 8.79. The van der Waals surface area contributed by atoms with Gasteiger partial charge in [-0.2, -0.15) is 0 Å². The van der Waals surface area contributed by atoms with Crippen molar-refractivity contribution in [2.24, 2.45) is 10.9 Å². The summed E-state index contributed by atoms with van der Waals surface area (Å²) in [6, 6.07) is 10.8. The van der Waals surface area contributed by atoms with Crippen molar-refractivity contribution in [3.8, 4) is 0 Å². The van der Waals surface area contributed by atoms with Crippen LogP contribution in [0.4, 0.5) is 0 Å². The Labute approximate surface area is 181 Å². The molecule has 0 radical (unpaired) electrons. The zero-order valence-electron chi connectivity index (χ0n) is 18.5. The number of rotatable bonds is 7. The van der Waals surface area contributed by atoms with Crippen LogP contribution in [0.1, 0.15) is 31.7 Å². The molecule has 3 fully saturated rings. The minimum atomic E-state index is 0.171. The van der Waals surface area contributed by atoms with Gasteiger partial charge >= 0.3 is 0 Å². The van der Waals surface area contributed by atoms with Crippen molar-refractivity contribution in [2.75, 3.05) is 59.0 Å². The Balaban J connectivity index is 1.26. The molecule has 0 saturated carbocycles. The number of nitrogens with zero attached hydrogens (tertiary/aromatic N) is 3. The maximum absolute atomic E-state index is 6.02. The first-order valence-electron chi connectivity index (χ1n) is 11.8. The van der Waals surface area contributed by atoms with Gasteiger partial charge in [0.2, 0.25) is 0 Å². The number of benzene rings is 1. The molecule has 0 spiro atoms. The quantitative estimate of drug-likeness (QED) is 0.548. The molecule has 3 unspecified atom stereocenters. The van der Waals surface area contributed by atoms with Gasteiger partial charge in [-0.15, -0.1) is 0 Å². The molecular weight excluding hydrogens is 376 g/mol. The van der Waals surface area contributed by atoms with Gasteiger partial charge in [0.15, 0.2) is 5.96 Å². The molecule has 6 heteroatoms. The SMILES string of the molecule is CCNC(=NCC1CCN(CCc2ccccc2)C1)N1CCOC(C2CCCO2)C1. The third kappa shape index (κ3) is 5.96. The first kappa shape index (κ1) is 21.6. The summed E-state index contributed by atoms with van der Waals surface area (Å²) in [5, 5.41) is 3.51. The Morgan fingerprint density at radius 3 is 2.73 bits per heavy atom. The lowest BCUT2D eigenvalue weighted by molar-refractivity contribution is -0.0817. The molecule has 4 rings (SSSR count). The van der Waals surface area contributed by atoms with E-state index in [4.69, 9.17) is 14.5 Å². The molecule has 1 N–H and O–H groups in total. The Bertz CT molecular complexity index is 662. The average molecular weight is 415 g/mol. The predicted octanol–water partition coefficient (Wildman–Crippen LogP) is 2.40. The van der Waals surface area contributed by atoms with Crippen LogP contribution in [0, 0.1) is 5.92 Å². The Morgan fingerprint density at radius 1 is 1.07 bits per heavy atom. The fourth-order valence-corrected chi connectivity index (χ4v) is 4.83. The van der Waals surface area contributed by atoms with Gasteiger partial charge in [0.05, 0.1) is 12.7 Å². The van der Waals surface area contributed by atoms with Gasteiger partial charge in [0.1, 0.15) is 6.10 Å². The van der Waals surface area contributed by atoms with Crippen LogP contribution in [0.15, 0.2) is 35.3 Å². The van der Waals surface area contributed by atoms with E-state index in [9.17, 15) is 0 Å². The normalized spacial score (nSPS) is 28.2. The molecule has 30 heavy (non-hydrogen) atoms. The molecule has 3 aliphatic heterocycles. The van der Waals surface area contributed by atoms with Crippen molar-refractivity contribution in [2.45, 2.75) is 44.8 Å². The maximum atomic E-state index is 6.02. The monoisotopic (exact) mass is 414 g/mol. The number of ether oxygens (including phenoxy) is 2. The highest BCUT2D eigenvalue weighted by Gasteiger charge is 2.32. The fourth-order valence-electron chi connectivity index (χ4n) is 4.83. The Hall–Kier alpha value is -1.63. The van der Waals surface area contributed by atoms with Crippen molar-refractivity contribution in [1.82, 2.24) is 15.1 Å². The summed E-state index contributed by atoms with van der Waals surface area (Å²) in [7, 11) is 0. The van der Waals surface area contributed by atoms with E-state index in [1.807, 2.05) is 0 Å². The van der Waals surface area contributed by atoms with E-state index in [0.717, 1.165) is 77.7 Å². The number of morpholine rings is 1. The van der Waals surface area contributed by atoms with Gasteiger partial charge in [-0.3, -0.25) is 4.99 Å². The summed E-state index contributed by atoms with van der Waals surface area (Å²) in [4.78, 5) is 10.0. The standard InChI is InChI=1S/C24H38N4O2/c1-2-25-24(28-14-16-30-23(19-28)22-9-6-15-29-22)26-17-21-11-13-27(18-21)12-10-20-7-4-3-5-8-20/h3-5,7-8,21-23H,2,6,9-19H2,1H3,(H,25,26). The molecule has 0 amide bonds. The lowest BCUT2D eigenvalue weighted by atomic mass is 10.1. The largest absolute Gasteiger partial charge is 0.375 e.